The minimum absolute atomic E-state index is 0.0793. The molecule has 0 aliphatic carbocycles. The Hall–Kier alpha value is -1.85. The molecule has 1 heterocycles. The highest BCUT2D eigenvalue weighted by Crippen LogP contribution is 2.20. The van der Waals surface area contributed by atoms with Gasteiger partial charge in [0.25, 0.3) is 0 Å². The van der Waals surface area contributed by atoms with Gasteiger partial charge in [-0.25, -0.2) is 4.79 Å². The predicted molar refractivity (Wildman–Crippen MR) is 99.5 cm³/mol. The number of urea groups is 1. The van der Waals surface area contributed by atoms with E-state index in [9.17, 15) is 9.90 Å². The molecule has 3 N–H and O–H groups in total. The number of carbonyl (C=O) groups is 1. The fourth-order valence-electron chi connectivity index (χ4n) is 2.75. The van der Waals surface area contributed by atoms with Crippen LogP contribution in [0.25, 0.3) is 0 Å². The van der Waals surface area contributed by atoms with Gasteiger partial charge in [-0.3, -0.25) is 0 Å². The van der Waals surface area contributed by atoms with E-state index in [0.717, 1.165) is 12.0 Å². The molecule has 3 atom stereocenters. The fraction of sp³-hybridized carbons (Fsp3) is 0.421. The maximum Gasteiger partial charge on any atom is 0.315 e. The predicted octanol–water partition coefficient (Wildman–Crippen LogP) is 3.53. The average molecular weight is 346 g/mol. The quantitative estimate of drug-likeness (QED) is 0.685. The van der Waals surface area contributed by atoms with Crippen molar-refractivity contribution >= 4 is 17.4 Å². The lowest BCUT2D eigenvalue weighted by Crippen LogP contribution is -2.43. The number of aliphatic hydroxyl groups is 1. The van der Waals surface area contributed by atoms with E-state index < -0.39 is 6.10 Å². The average Bonchev–Trinajstić information content (AvgIpc) is 3.04. The van der Waals surface area contributed by atoms with Crippen LogP contribution < -0.4 is 10.6 Å². The molecule has 1 aromatic carbocycles. The Balaban J connectivity index is 1.83. The fourth-order valence-corrected chi connectivity index (χ4v) is 3.58. The molecule has 0 radical (unpaired) electrons. The van der Waals surface area contributed by atoms with Gasteiger partial charge in [0.05, 0.1) is 6.10 Å². The number of aliphatic hydroxyl groups excluding tert-OH is 1. The van der Waals surface area contributed by atoms with Crippen LogP contribution >= 0.6 is 11.3 Å². The summed E-state index contributed by atoms with van der Waals surface area (Å²) in [4.78, 5) is 13.4. The standard InChI is InChI=1S/C19H26N2O2S/c1-14(11-18-9-6-10-24-18)21-19(23)20-13-17(12-15(2)22)16-7-4-3-5-8-16/h3-10,14-15,17,22H,11-13H2,1-2H3,(H2,20,21,23). The van der Waals surface area contributed by atoms with Crippen LogP contribution in [0.4, 0.5) is 4.79 Å². The van der Waals surface area contributed by atoms with Gasteiger partial charge in [-0.15, -0.1) is 11.3 Å². The molecule has 24 heavy (non-hydrogen) atoms. The second kappa shape index (κ2) is 9.45. The molecular weight excluding hydrogens is 320 g/mol. The summed E-state index contributed by atoms with van der Waals surface area (Å²) in [5.41, 5.74) is 1.13. The van der Waals surface area contributed by atoms with Gasteiger partial charge in [-0.05, 0) is 37.3 Å². The Morgan fingerprint density at radius 3 is 2.54 bits per heavy atom. The summed E-state index contributed by atoms with van der Waals surface area (Å²) < 4.78 is 0. The summed E-state index contributed by atoms with van der Waals surface area (Å²) >= 11 is 1.70. The van der Waals surface area contributed by atoms with E-state index in [0.29, 0.717) is 13.0 Å². The highest BCUT2D eigenvalue weighted by atomic mass is 32.1. The number of benzene rings is 1. The molecule has 0 aliphatic rings. The molecule has 1 aromatic heterocycles. The molecule has 2 amide bonds. The van der Waals surface area contributed by atoms with Crippen LogP contribution in [0.3, 0.4) is 0 Å². The van der Waals surface area contributed by atoms with Crippen molar-refractivity contribution < 1.29 is 9.90 Å². The molecule has 0 aliphatic heterocycles. The van der Waals surface area contributed by atoms with Gasteiger partial charge >= 0.3 is 6.03 Å². The molecule has 2 aromatic rings. The lowest BCUT2D eigenvalue weighted by atomic mass is 9.93. The molecule has 5 heteroatoms. The Kier molecular flexibility index (Phi) is 7.28. The first kappa shape index (κ1) is 18.5. The summed E-state index contributed by atoms with van der Waals surface area (Å²) in [6, 6.07) is 14.0. The van der Waals surface area contributed by atoms with Crippen LogP contribution in [0, 0.1) is 0 Å². The number of hydrogen-bond acceptors (Lipinski definition) is 3. The highest BCUT2D eigenvalue weighted by Gasteiger charge is 2.16. The Morgan fingerprint density at radius 2 is 1.92 bits per heavy atom. The van der Waals surface area contributed by atoms with E-state index in [2.05, 4.69) is 16.7 Å². The maximum absolute atomic E-state index is 12.1. The van der Waals surface area contributed by atoms with Crippen molar-refractivity contribution in [2.45, 2.75) is 44.8 Å². The number of hydrogen-bond donors (Lipinski definition) is 3. The normalized spacial score (nSPS) is 14.6. The van der Waals surface area contributed by atoms with Crippen LogP contribution in [0.15, 0.2) is 47.8 Å². The number of carbonyl (C=O) groups excluding carboxylic acids is 1. The van der Waals surface area contributed by atoms with E-state index in [4.69, 9.17) is 0 Å². The molecule has 3 unspecified atom stereocenters. The number of thiophene rings is 1. The second-order valence-electron chi connectivity index (χ2n) is 6.23. The van der Waals surface area contributed by atoms with E-state index in [-0.39, 0.29) is 18.0 Å². The Labute approximate surface area is 147 Å². The third kappa shape index (κ3) is 6.34. The first-order chi connectivity index (χ1) is 11.5. The topological polar surface area (TPSA) is 61.4 Å². The third-order valence-electron chi connectivity index (χ3n) is 3.87. The summed E-state index contributed by atoms with van der Waals surface area (Å²) in [7, 11) is 0. The summed E-state index contributed by atoms with van der Waals surface area (Å²) in [6.45, 7) is 4.29. The minimum Gasteiger partial charge on any atom is -0.393 e. The van der Waals surface area contributed by atoms with Crippen molar-refractivity contribution in [1.82, 2.24) is 10.6 Å². The van der Waals surface area contributed by atoms with Crippen molar-refractivity contribution in [2.75, 3.05) is 6.54 Å². The number of rotatable bonds is 8. The molecule has 2 rings (SSSR count). The Bertz CT molecular complexity index is 599. The van der Waals surface area contributed by atoms with E-state index in [1.807, 2.05) is 48.7 Å². The summed E-state index contributed by atoms with van der Waals surface area (Å²) in [6.07, 6.45) is 1.05. The molecule has 0 spiro atoms. The molecular formula is C19H26N2O2S. The number of nitrogens with one attached hydrogen (secondary N) is 2. The van der Waals surface area contributed by atoms with E-state index in [1.54, 1.807) is 18.3 Å². The molecule has 0 bridgehead atoms. The van der Waals surface area contributed by atoms with Crippen LogP contribution in [0.2, 0.25) is 0 Å². The summed E-state index contributed by atoms with van der Waals surface area (Å²) in [5, 5.41) is 17.7. The van der Waals surface area contributed by atoms with Crippen molar-refractivity contribution in [3.63, 3.8) is 0 Å². The van der Waals surface area contributed by atoms with Crippen molar-refractivity contribution in [1.29, 1.82) is 0 Å². The zero-order chi connectivity index (χ0) is 17.4. The van der Waals surface area contributed by atoms with Crippen molar-refractivity contribution in [2.24, 2.45) is 0 Å². The SMILES string of the molecule is CC(O)CC(CNC(=O)NC(C)Cc1cccs1)c1ccccc1. The lowest BCUT2D eigenvalue weighted by molar-refractivity contribution is 0.173. The first-order valence-electron chi connectivity index (χ1n) is 8.34. The Morgan fingerprint density at radius 1 is 1.17 bits per heavy atom. The smallest absolute Gasteiger partial charge is 0.315 e. The largest absolute Gasteiger partial charge is 0.393 e. The van der Waals surface area contributed by atoms with Gasteiger partial charge in [0, 0.05) is 29.8 Å². The van der Waals surface area contributed by atoms with E-state index in [1.165, 1.54) is 4.88 Å². The zero-order valence-electron chi connectivity index (χ0n) is 14.2. The van der Waals surface area contributed by atoms with Gasteiger partial charge in [0.15, 0.2) is 0 Å². The molecule has 0 saturated carbocycles. The van der Waals surface area contributed by atoms with Crippen molar-refractivity contribution in [3.8, 4) is 0 Å². The van der Waals surface area contributed by atoms with Gasteiger partial charge in [-0.1, -0.05) is 36.4 Å². The highest BCUT2D eigenvalue weighted by molar-refractivity contribution is 7.09. The second-order valence-corrected chi connectivity index (χ2v) is 7.26. The number of amides is 2. The third-order valence-corrected chi connectivity index (χ3v) is 4.77. The molecule has 0 saturated heterocycles. The van der Waals surface area contributed by atoms with Crippen LogP contribution in [0.5, 0.6) is 0 Å². The molecule has 130 valence electrons. The van der Waals surface area contributed by atoms with Crippen LogP contribution in [0.1, 0.15) is 36.6 Å². The zero-order valence-corrected chi connectivity index (χ0v) is 15.1. The van der Waals surface area contributed by atoms with Crippen LogP contribution in [-0.2, 0) is 6.42 Å². The van der Waals surface area contributed by atoms with Gasteiger partial charge < -0.3 is 15.7 Å². The lowest BCUT2D eigenvalue weighted by Gasteiger charge is -2.21. The van der Waals surface area contributed by atoms with Crippen LogP contribution in [-0.4, -0.2) is 29.8 Å². The maximum atomic E-state index is 12.1. The molecule has 4 nitrogen and oxygen atoms in total. The minimum atomic E-state index is -0.405. The van der Waals surface area contributed by atoms with Crippen molar-refractivity contribution in [3.05, 3.63) is 58.3 Å². The summed E-state index contributed by atoms with van der Waals surface area (Å²) in [5.74, 6) is 0.101. The monoisotopic (exact) mass is 346 g/mol. The van der Waals surface area contributed by atoms with Gasteiger partial charge in [-0.2, -0.15) is 0 Å². The molecule has 0 fully saturated rings. The first-order valence-corrected chi connectivity index (χ1v) is 9.22. The van der Waals surface area contributed by atoms with Gasteiger partial charge in [0.1, 0.15) is 0 Å². The van der Waals surface area contributed by atoms with E-state index >= 15 is 0 Å². The van der Waals surface area contributed by atoms with Gasteiger partial charge in [0.2, 0.25) is 0 Å².